The van der Waals surface area contributed by atoms with Gasteiger partial charge in [0.25, 0.3) is 10.0 Å². The van der Waals surface area contributed by atoms with Crippen molar-refractivity contribution in [3.05, 3.63) is 54.1 Å². The van der Waals surface area contributed by atoms with Crippen molar-refractivity contribution >= 4 is 32.7 Å². The van der Waals surface area contributed by atoms with Gasteiger partial charge in [0.2, 0.25) is 5.91 Å². The third-order valence-electron chi connectivity index (χ3n) is 6.04. The van der Waals surface area contributed by atoms with Crippen LogP contribution in [0.4, 0.5) is 0 Å². The van der Waals surface area contributed by atoms with Crippen LogP contribution in [0.15, 0.2) is 47.6 Å². The summed E-state index contributed by atoms with van der Waals surface area (Å²) in [6, 6.07) is 8.45. The summed E-state index contributed by atoms with van der Waals surface area (Å²) in [6.45, 7) is 1.91. The Morgan fingerprint density at radius 1 is 1.16 bits per heavy atom. The molecule has 0 bridgehead atoms. The molecule has 2 N–H and O–H groups in total. The van der Waals surface area contributed by atoms with Gasteiger partial charge in [-0.2, -0.15) is 0 Å². The van der Waals surface area contributed by atoms with Crippen molar-refractivity contribution in [2.75, 3.05) is 0 Å². The van der Waals surface area contributed by atoms with Gasteiger partial charge in [-0.25, -0.2) is 17.4 Å². The molecule has 1 aromatic carbocycles. The Kier molecular flexibility index (Phi) is 4.54. The molecule has 9 nitrogen and oxygen atoms in total. The number of primary amides is 1. The molecule has 3 aromatic heterocycles. The molecule has 1 aliphatic rings. The molecular formula is C21H22N6O3S. The van der Waals surface area contributed by atoms with E-state index in [0.717, 1.165) is 30.7 Å². The SMILES string of the molecule is Cc1ccc(S(=O)(=O)n2ccc3c2ncc2nnc([C@@H]4CC[C@H](CC(N)=O)C4)n23)cc1. The molecule has 2 atom stereocenters. The standard InChI is InChI=1S/C21H22N6O3S/c1-13-2-6-16(7-3-13)31(29,30)26-9-8-17-21(26)23-12-19-24-25-20(27(17)19)15-5-4-14(10-15)11-18(22)28/h2-3,6-9,12,14-15H,4-5,10-11H2,1H3,(H2,22,28)/t14-,15+/m0/s1. The summed E-state index contributed by atoms with van der Waals surface area (Å²) in [6.07, 6.45) is 6.01. The van der Waals surface area contributed by atoms with Gasteiger partial charge in [-0.1, -0.05) is 17.7 Å². The molecule has 0 saturated heterocycles. The summed E-state index contributed by atoms with van der Waals surface area (Å²) >= 11 is 0. The number of nitrogens with zero attached hydrogens (tertiary/aromatic N) is 5. The summed E-state index contributed by atoms with van der Waals surface area (Å²) in [7, 11) is -3.80. The lowest BCUT2D eigenvalue weighted by molar-refractivity contribution is -0.118. The van der Waals surface area contributed by atoms with E-state index in [4.69, 9.17) is 5.73 Å². The van der Waals surface area contributed by atoms with Crippen molar-refractivity contribution in [3.8, 4) is 0 Å². The van der Waals surface area contributed by atoms with Crippen LogP contribution in [-0.2, 0) is 14.8 Å². The highest BCUT2D eigenvalue weighted by Gasteiger charge is 2.31. The predicted octanol–water partition coefficient (Wildman–Crippen LogP) is 2.38. The fourth-order valence-electron chi connectivity index (χ4n) is 4.51. The van der Waals surface area contributed by atoms with Gasteiger partial charge in [-0.3, -0.25) is 9.20 Å². The number of aryl methyl sites for hydroxylation is 1. The Hall–Kier alpha value is -3.27. The van der Waals surface area contributed by atoms with E-state index in [1.807, 2.05) is 11.3 Å². The van der Waals surface area contributed by atoms with Crippen molar-refractivity contribution < 1.29 is 13.2 Å². The Morgan fingerprint density at radius 3 is 2.68 bits per heavy atom. The first-order chi connectivity index (χ1) is 14.8. The van der Waals surface area contributed by atoms with Crippen molar-refractivity contribution in [3.63, 3.8) is 0 Å². The smallest absolute Gasteiger partial charge is 0.269 e. The van der Waals surface area contributed by atoms with Crippen molar-refractivity contribution in [2.24, 2.45) is 11.7 Å². The monoisotopic (exact) mass is 438 g/mol. The Labute approximate surface area is 179 Å². The van der Waals surface area contributed by atoms with Gasteiger partial charge in [0.1, 0.15) is 5.82 Å². The molecule has 1 saturated carbocycles. The molecule has 1 aliphatic carbocycles. The van der Waals surface area contributed by atoms with E-state index in [1.165, 1.54) is 16.4 Å². The second kappa shape index (κ2) is 7.16. The van der Waals surface area contributed by atoms with Gasteiger partial charge < -0.3 is 5.73 Å². The van der Waals surface area contributed by atoms with Gasteiger partial charge in [0, 0.05) is 18.5 Å². The molecule has 0 aliphatic heterocycles. The van der Waals surface area contributed by atoms with Gasteiger partial charge in [-0.05, 0) is 50.3 Å². The number of hydrogen-bond donors (Lipinski definition) is 1. The molecule has 1 fully saturated rings. The molecule has 0 unspecified atom stereocenters. The van der Waals surface area contributed by atoms with E-state index in [2.05, 4.69) is 15.2 Å². The Balaban J connectivity index is 1.59. The molecule has 10 heteroatoms. The van der Waals surface area contributed by atoms with Gasteiger partial charge in [0.05, 0.1) is 16.6 Å². The van der Waals surface area contributed by atoms with Crippen LogP contribution in [0.2, 0.25) is 0 Å². The zero-order chi connectivity index (χ0) is 21.8. The fraction of sp³-hybridized carbons (Fsp3) is 0.333. The highest BCUT2D eigenvalue weighted by Crippen LogP contribution is 2.39. The van der Waals surface area contributed by atoms with Crippen molar-refractivity contribution in [2.45, 2.75) is 43.4 Å². The number of carbonyl (C=O) groups excluding carboxylic acids is 1. The lowest BCUT2D eigenvalue weighted by atomic mass is 10.0. The van der Waals surface area contributed by atoms with Crippen LogP contribution in [0.25, 0.3) is 16.8 Å². The maximum absolute atomic E-state index is 13.2. The highest BCUT2D eigenvalue weighted by molar-refractivity contribution is 7.90. The molecule has 4 aromatic rings. The van der Waals surface area contributed by atoms with Crippen LogP contribution >= 0.6 is 0 Å². The lowest BCUT2D eigenvalue weighted by Crippen LogP contribution is -2.15. The topological polar surface area (TPSA) is 125 Å². The zero-order valence-corrected chi connectivity index (χ0v) is 17.8. The average molecular weight is 439 g/mol. The van der Waals surface area contributed by atoms with Crippen LogP contribution in [0.5, 0.6) is 0 Å². The number of amides is 1. The Morgan fingerprint density at radius 2 is 1.94 bits per heavy atom. The van der Waals surface area contributed by atoms with Crippen molar-refractivity contribution in [1.29, 1.82) is 0 Å². The number of rotatable bonds is 5. The van der Waals surface area contributed by atoms with E-state index in [9.17, 15) is 13.2 Å². The second-order valence-electron chi connectivity index (χ2n) is 8.19. The molecule has 5 rings (SSSR count). The normalized spacial score (nSPS) is 19.4. The van der Waals surface area contributed by atoms with Crippen LogP contribution in [0, 0.1) is 12.8 Å². The molecule has 0 radical (unpaired) electrons. The number of nitrogens with two attached hydrogens (primary N) is 1. The van der Waals surface area contributed by atoms with E-state index in [-0.39, 0.29) is 22.6 Å². The van der Waals surface area contributed by atoms with Crippen molar-refractivity contribution in [1.82, 2.24) is 23.6 Å². The number of benzene rings is 1. The average Bonchev–Trinajstić information content (AvgIpc) is 3.44. The van der Waals surface area contributed by atoms with Gasteiger partial charge >= 0.3 is 0 Å². The molecule has 3 heterocycles. The first-order valence-corrected chi connectivity index (χ1v) is 11.6. The minimum absolute atomic E-state index is 0.127. The third kappa shape index (κ3) is 3.27. The molecule has 0 spiro atoms. The summed E-state index contributed by atoms with van der Waals surface area (Å²) in [5.74, 6) is 0.835. The predicted molar refractivity (Wildman–Crippen MR) is 114 cm³/mol. The minimum atomic E-state index is -3.80. The molecule has 160 valence electrons. The molecule has 1 amide bonds. The first-order valence-electron chi connectivity index (χ1n) is 10.2. The van der Waals surface area contributed by atoms with Crippen LogP contribution in [0.3, 0.4) is 0 Å². The number of carbonyl (C=O) groups is 1. The van der Waals surface area contributed by atoms with Crippen LogP contribution < -0.4 is 5.73 Å². The van der Waals surface area contributed by atoms with Gasteiger partial charge in [-0.15, -0.1) is 10.2 Å². The summed E-state index contributed by atoms with van der Waals surface area (Å²) in [5.41, 5.74) is 7.86. The summed E-state index contributed by atoms with van der Waals surface area (Å²) in [4.78, 5) is 15.9. The van der Waals surface area contributed by atoms with E-state index in [1.54, 1.807) is 30.3 Å². The van der Waals surface area contributed by atoms with Crippen LogP contribution in [-0.4, -0.2) is 37.9 Å². The van der Waals surface area contributed by atoms with E-state index in [0.29, 0.717) is 23.2 Å². The number of hydrogen-bond acceptors (Lipinski definition) is 6. The highest BCUT2D eigenvalue weighted by atomic mass is 32.2. The number of fused-ring (bicyclic) bond motifs is 3. The van der Waals surface area contributed by atoms with Crippen LogP contribution in [0.1, 0.15) is 43.0 Å². The lowest BCUT2D eigenvalue weighted by Gasteiger charge is -2.10. The summed E-state index contributed by atoms with van der Waals surface area (Å²) < 4.78 is 29.5. The number of aromatic nitrogens is 5. The maximum Gasteiger partial charge on any atom is 0.269 e. The third-order valence-corrected chi connectivity index (χ3v) is 7.72. The molecular weight excluding hydrogens is 416 g/mol. The second-order valence-corrected chi connectivity index (χ2v) is 10.0. The first kappa shape index (κ1) is 19.7. The largest absolute Gasteiger partial charge is 0.370 e. The fourth-order valence-corrected chi connectivity index (χ4v) is 5.81. The van der Waals surface area contributed by atoms with Gasteiger partial charge in [0.15, 0.2) is 11.3 Å². The maximum atomic E-state index is 13.2. The molecule has 31 heavy (non-hydrogen) atoms. The van der Waals surface area contributed by atoms with E-state index >= 15 is 0 Å². The Bertz CT molecular complexity index is 1400. The zero-order valence-electron chi connectivity index (χ0n) is 17.0. The minimum Gasteiger partial charge on any atom is -0.370 e. The quantitative estimate of drug-likeness (QED) is 0.510. The summed E-state index contributed by atoms with van der Waals surface area (Å²) in [5, 5.41) is 8.62. The van der Waals surface area contributed by atoms with E-state index < -0.39 is 10.0 Å².